The maximum Gasteiger partial charge on any atom is 0.155 e. The summed E-state index contributed by atoms with van der Waals surface area (Å²) in [7, 11) is 0. The van der Waals surface area contributed by atoms with Gasteiger partial charge in [0.1, 0.15) is 5.67 Å². The molecule has 0 radical (unpaired) electrons. The maximum atomic E-state index is 16.6. The Balaban J connectivity index is 1.82. The average molecular weight is 336 g/mol. The summed E-state index contributed by atoms with van der Waals surface area (Å²) < 4.78 is 16.6. The first-order valence-corrected chi connectivity index (χ1v) is 9.39. The zero-order valence-corrected chi connectivity index (χ0v) is 14.9. The van der Waals surface area contributed by atoms with Crippen LogP contribution >= 0.6 is 0 Å². The molecular formula is C20H29FO3. The van der Waals surface area contributed by atoms with E-state index in [2.05, 4.69) is 0 Å². The van der Waals surface area contributed by atoms with E-state index in [1.807, 2.05) is 20.8 Å². The van der Waals surface area contributed by atoms with Crippen LogP contribution in [-0.4, -0.2) is 33.4 Å². The molecule has 3 fully saturated rings. The summed E-state index contributed by atoms with van der Waals surface area (Å²) in [5.74, 6) is -0.0593. The van der Waals surface area contributed by atoms with Crippen molar-refractivity contribution < 1.29 is 19.4 Å². The molecule has 134 valence electrons. The highest BCUT2D eigenvalue weighted by atomic mass is 19.1. The van der Waals surface area contributed by atoms with Gasteiger partial charge in [0.2, 0.25) is 0 Å². The first-order chi connectivity index (χ1) is 11.1. The Kier molecular flexibility index (Phi) is 3.27. The molecule has 0 amide bonds. The van der Waals surface area contributed by atoms with E-state index in [4.69, 9.17) is 0 Å². The highest BCUT2D eigenvalue weighted by Crippen LogP contribution is 2.70. The van der Waals surface area contributed by atoms with Crippen LogP contribution in [0.1, 0.15) is 65.7 Å². The first-order valence-electron chi connectivity index (χ1n) is 9.39. The number of aliphatic hydroxyl groups is 2. The lowest BCUT2D eigenvalue weighted by Gasteiger charge is -2.63. The van der Waals surface area contributed by atoms with E-state index in [0.717, 1.165) is 18.4 Å². The zero-order valence-electron chi connectivity index (χ0n) is 14.9. The van der Waals surface area contributed by atoms with Gasteiger partial charge < -0.3 is 10.2 Å². The Hall–Kier alpha value is -0.740. The van der Waals surface area contributed by atoms with Crippen LogP contribution in [0.3, 0.4) is 0 Å². The molecule has 0 aromatic heterocycles. The summed E-state index contributed by atoms with van der Waals surface area (Å²) in [6, 6.07) is 0. The van der Waals surface area contributed by atoms with Crippen LogP contribution in [-0.2, 0) is 4.79 Å². The van der Waals surface area contributed by atoms with Crippen LogP contribution in [0.2, 0.25) is 0 Å². The number of alkyl halides is 1. The van der Waals surface area contributed by atoms with Crippen molar-refractivity contribution in [2.45, 2.75) is 83.1 Å². The third-order valence-corrected chi connectivity index (χ3v) is 8.60. The lowest BCUT2D eigenvalue weighted by molar-refractivity contribution is -0.225. The van der Waals surface area contributed by atoms with Crippen molar-refractivity contribution in [3.8, 4) is 0 Å². The first kappa shape index (κ1) is 16.7. The molecule has 4 heteroatoms. The number of carbonyl (C=O) groups excluding carboxylic acids is 1. The lowest BCUT2D eigenvalue weighted by atomic mass is 9.44. The second-order valence-electron chi connectivity index (χ2n) is 9.44. The third-order valence-electron chi connectivity index (χ3n) is 8.60. The molecule has 0 saturated heterocycles. The SMILES string of the molecule is C[C@]1(O)CC[C@@H]2[C@H]3CCC4=CC(=O)CC[C@]4(C)[C@]3(F)[C@H](O)C[C@]21C. The summed E-state index contributed by atoms with van der Waals surface area (Å²) in [6.07, 6.45) is 4.60. The molecule has 0 bridgehead atoms. The molecule has 4 aliphatic carbocycles. The van der Waals surface area contributed by atoms with Gasteiger partial charge in [-0.3, -0.25) is 4.79 Å². The van der Waals surface area contributed by atoms with Crippen LogP contribution < -0.4 is 0 Å². The van der Waals surface area contributed by atoms with E-state index in [9.17, 15) is 15.0 Å². The fraction of sp³-hybridized carbons (Fsp3) is 0.850. The van der Waals surface area contributed by atoms with E-state index < -0.39 is 28.2 Å². The summed E-state index contributed by atoms with van der Waals surface area (Å²) in [4.78, 5) is 11.8. The number of halogens is 1. The van der Waals surface area contributed by atoms with Crippen molar-refractivity contribution >= 4 is 5.78 Å². The van der Waals surface area contributed by atoms with E-state index >= 15 is 4.39 Å². The van der Waals surface area contributed by atoms with Crippen LogP contribution in [0, 0.1) is 22.7 Å². The number of carbonyl (C=O) groups is 1. The molecule has 0 aromatic carbocycles. The fourth-order valence-corrected chi connectivity index (χ4v) is 6.79. The van der Waals surface area contributed by atoms with Crippen molar-refractivity contribution in [3.63, 3.8) is 0 Å². The minimum Gasteiger partial charge on any atom is -0.390 e. The molecule has 0 spiro atoms. The number of ketones is 1. The molecule has 4 aliphatic rings. The van der Waals surface area contributed by atoms with Crippen LogP contribution in [0.15, 0.2) is 11.6 Å². The normalized spacial score (nSPS) is 57.0. The van der Waals surface area contributed by atoms with Gasteiger partial charge in [0.25, 0.3) is 0 Å². The number of fused-ring (bicyclic) bond motifs is 5. The third kappa shape index (κ3) is 1.72. The van der Waals surface area contributed by atoms with Crippen molar-refractivity contribution in [3.05, 3.63) is 11.6 Å². The van der Waals surface area contributed by atoms with Gasteiger partial charge in [-0.25, -0.2) is 4.39 Å². The maximum absolute atomic E-state index is 16.6. The number of hydrogen-bond donors (Lipinski definition) is 2. The molecule has 24 heavy (non-hydrogen) atoms. The summed E-state index contributed by atoms with van der Waals surface area (Å²) in [6.45, 7) is 5.79. The second-order valence-corrected chi connectivity index (χ2v) is 9.44. The van der Waals surface area contributed by atoms with Gasteiger partial charge in [0.15, 0.2) is 5.78 Å². The number of rotatable bonds is 0. The van der Waals surface area contributed by atoms with Gasteiger partial charge in [-0.15, -0.1) is 0 Å². The van der Waals surface area contributed by atoms with E-state index in [1.165, 1.54) is 0 Å². The van der Waals surface area contributed by atoms with Crippen LogP contribution in [0.4, 0.5) is 4.39 Å². The second kappa shape index (κ2) is 4.70. The largest absolute Gasteiger partial charge is 0.390 e. The van der Waals surface area contributed by atoms with Crippen molar-refractivity contribution in [2.24, 2.45) is 22.7 Å². The minimum absolute atomic E-state index is 0.0865. The monoisotopic (exact) mass is 336 g/mol. The molecule has 0 aliphatic heterocycles. The Bertz CT molecular complexity index is 626. The number of allylic oxidation sites excluding steroid dienone is 1. The van der Waals surface area contributed by atoms with Gasteiger partial charge in [-0.05, 0) is 57.4 Å². The van der Waals surface area contributed by atoms with Crippen LogP contribution in [0.5, 0.6) is 0 Å². The molecule has 3 nitrogen and oxygen atoms in total. The molecule has 3 saturated carbocycles. The highest BCUT2D eigenvalue weighted by Gasteiger charge is 2.72. The standard InChI is InChI=1S/C20H29FO3/c1-17-8-6-13(22)10-12(17)4-5-15-14-7-9-19(3,24)18(14,2)11-16(23)20(15,17)21/h10,14-16,23-24H,4-9,11H2,1-3H3/t14-,15-,16-,17+,18-,19+,20-/m1/s1. The quantitative estimate of drug-likeness (QED) is 0.713. The number of aliphatic hydroxyl groups excluding tert-OH is 1. The van der Waals surface area contributed by atoms with Gasteiger partial charge in [-0.2, -0.15) is 0 Å². The molecular weight excluding hydrogens is 307 g/mol. The lowest BCUT2D eigenvalue weighted by Crippen LogP contribution is -2.68. The predicted molar refractivity (Wildman–Crippen MR) is 89.1 cm³/mol. The summed E-state index contributed by atoms with van der Waals surface area (Å²) in [5, 5.41) is 21.9. The number of hydrogen-bond acceptors (Lipinski definition) is 3. The predicted octanol–water partition coefficient (Wildman–Crippen LogP) is 3.33. The van der Waals surface area contributed by atoms with Crippen molar-refractivity contribution in [1.29, 1.82) is 0 Å². The topological polar surface area (TPSA) is 57.5 Å². The van der Waals surface area contributed by atoms with E-state index in [1.54, 1.807) is 6.08 Å². The van der Waals surface area contributed by atoms with E-state index in [0.29, 0.717) is 32.1 Å². The summed E-state index contributed by atoms with van der Waals surface area (Å²) in [5.41, 5.74) is -2.83. The van der Waals surface area contributed by atoms with Gasteiger partial charge in [0.05, 0.1) is 11.7 Å². The van der Waals surface area contributed by atoms with Gasteiger partial charge >= 0.3 is 0 Å². The van der Waals surface area contributed by atoms with Gasteiger partial charge in [0, 0.05) is 23.2 Å². The molecule has 0 aromatic rings. The Morgan fingerprint density at radius 1 is 1.12 bits per heavy atom. The Labute approximate surface area is 143 Å². The molecule has 2 N–H and O–H groups in total. The van der Waals surface area contributed by atoms with Crippen molar-refractivity contribution in [2.75, 3.05) is 0 Å². The van der Waals surface area contributed by atoms with E-state index in [-0.39, 0.29) is 17.6 Å². The average Bonchev–Trinajstić information content (AvgIpc) is 2.72. The van der Waals surface area contributed by atoms with Gasteiger partial charge in [-0.1, -0.05) is 19.4 Å². The molecule has 0 unspecified atom stereocenters. The Morgan fingerprint density at radius 3 is 2.54 bits per heavy atom. The molecule has 0 heterocycles. The Morgan fingerprint density at radius 2 is 1.83 bits per heavy atom. The van der Waals surface area contributed by atoms with Crippen LogP contribution in [0.25, 0.3) is 0 Å². The fourth-order valence-electron chi connectivity index (χ4n) is 6.79. The molecule has 4 rings (SSSR count). The molecule has 7 atom stereocenters. The zero-order chi connectivity index (χ0) is 17.5. The highest BCUT2D eigenvalue weighted by molar-refractivity contribution is 5.91. The smallest absolute Gasteiger partial charge is 0.155 e. The minimum atomic E-state index is -1.69. The van der Waals surface area contributed by atoms with Crippen molar-refractivity contribution in [1.82, 2.24) is 0 Å². The summed E-state index contributed by atoms with van der Waals surface area (Å²) >= 11 is 0.